The van der Waals surface area contributed by atoms with Crippen molar-refractivity contribution >= 4 is 29.0 Å². The zero-order valence-electron chi connectivity index (χ0n) is 16.7. The van der Waals surface area contributed by atoms with E-state index < -0.39 is 29.0 Å². The molecule has 2 N–H and O–H groups in total. The normalized spacial score (nSPS) is 10.1. The largest absolute Gasteiger partial charge is 0.464 e. The second kappa shape index (κ2) is 9.36. The van der Waals surface area contributed by atoms with Crippen molar-refractivity contribution in [3.63, 3.8) is 0 Å². The summed E-state index contributed by atoms with van der Waals surface area (Å²) >= 11 is 0. The summed E-state index contributed by atoms with van der Waals surface area (Å²) in [6, 6.07) is 13.6. The highest BCUT2D eigenvalue weighted by Gasteiger charge is 2.25. The van der Waals surface area contributed by atoms with Gasteiger partial charge in [0, 0.05) is 23.4 Å². The van der Waals surface area contributed by atoms with Crippen LogP contribution < -0.4 is 5.32 Å². The molecule has 3 aromatic rings. The summed E-state index contributed by atoms with van der Waals surface area (Å²) in [4.78, 5) is 50.7. The van der Waals surface area contributed by atoms with Crippen molar-refractivity contribution in [2.45, 2.75) is 6.42 Å². The SMILES string of the molecule is COC(=O)c1[nH]cc(-c2ccccc2[N+](=O)[O-])c1NC(=O)CC(=O)c1cccc(C#N)c1. The van der Waals surface area contributed by atoms with Gasteiger partial charge in [0.15, 0.2) is 5.78 Å². The number of nitrogens with zero attached hydrogens (tertiary/aromatic N) is 2. The maximum atomic E-state index is 12.6. The second-order valence-electron chi connectivity index (χ2n) is 6.56. The van der Waals surface area contributed by atoms with Crippen molar-refractivity contribution < 1.29 is 24.0 Å². The summed E-state index contributed by atoms with van der Waals surface area (Å²) in [5.74, 6) is -2.10. The van der Waals surface area contributed by atoms with Crippen molar-refractivity contribution in [3.05, 3.63) is 81.7 Å². The van der Waals surface area contributed by atoms with E-state index in [1.807, 2.05) is 6.07 Å². The number of nitriles is 1. The predicted molar refractivity (Wildman–Crippen MR) is 113 cm³/mol. The number of ketones is 1. The number of para-hydroxylation sites is 1. The van der Waals surface area contributed by atoms with Gasteiger partial charge >= 0.3 is 5.97 Å². The van der Waals surface area contributed by atoms with Crippen LogP contribution in [0.25, 0.3) is 11.1 Å². The van der Waals surface area contributed by atoms with E-state index in [0.29, 0.717) is 0 Å². The Morgan fingerprint density at radius 1 is 1.16 bits per heavy atom. The molecule has 0 fully saturated rings. The number of nitrogens with one attached hydrogen (secondary N) is 2. The van der Waals surface area contributed by atoms with Crippen LogP contribution in [0.5, 0.6) is 0 Å². The third kappa shape index (κ3) is 4.52. The summed E-state index contributed by atoms with van der Waals surface area (Å²) in [6.07, 6.45) is 0.763. The van der Waals surface area contributed by atoms with Gasteiger partial charge in [0.25, 0.3) is 5.69 Å². The highest BCUT2D eigenvalue weighted by Crippen LogP contribution is 2.37. The highest BCUT2D eigenvalue weighted by atomic mass is 16.6. The number of carbonyl (C=O) groups is 3. The zero-order chi connectivity index (χ0) is 23.3. The molecule has 0 bridgehead atoms. The number of anilines is 1. The van der Waals surface area contributed by atoms with E-state index in [4.69, 9.17) is 10.00 Å². The molecule has 1 amide bonds. The van der Waals surface area contributed by atoms with Gasteiger partial charge in [0.05, 0.1) is 41.3 Å². The summed E-state index contributed by atoms with van der Waals surface area (Å²) in [6.45, 7) is 0. The molecule has 0 aliphatic heterocycles. The van der Waals surface area contributed by atoms with Gasteiger partial charge in [-0.15, -0.1) is 0 Å². The lowest BCUT2D eigenvalue weighted by Crippen LogP contribution is -2.18. The van der Waals surface area contributed by atoms with Crippen LogP contribution in [0.4, 0.5) is 11.4 Å². The van der Waals surface area contributed by atoms with E-state index in [1.165, 1.54) is 48.7 Å². The molecule has 0 aliphatic carbocycles. The molecule has 10 heteroatoms. The zero-order valence-corrected chi connectivity index (χ0v) is 16.7. The molecule has 10 nitrogen and oxygen atoms in total. The number of carbonyl (C=O) groups excluding carboxylic acids is 3. The first-order valence-corrected chi connectivity index (χ1v) is 9.22. The molecule has 3 rings (SSSR count). The minimum Gasteiger partial charge on any atom is -0.464 e. The van der Waals surface area contributed by atoms with Crippen molar-refractivity contribution in [2.24, 2.45) is 0 Å². The lowest BCUT2D eigenvalue weighted by molar-refractivity contribution is -0.384. The molecule has 160 valence electrons. The minimum atomic E-state index is -0.807. The van der Waals surface area contributed by atoms with Gasteiger partial charge in [-0.3, -0.25) is 19.7 Å². The van der Waals surface area contributed by atoms with Gasteiger partial charge in [-0.1, -0.05) is 24.3 Å². The van der Waals surface area contributed by atoms with E-state index in [9.17, 15) is 24.5 Å². The molecule has 0 spiro atoms. The van der Waals surface area contributed by atoms with Crippen LogP contribution in [0, 0.1) is 21.4 Å². The number of Topliss-reactive ketones (excluding diaryl/α,β-unsaturated/α-hetero) is 1. The first-order valence-electron chi connectivity index (χ1n) is 9.22. The standard InChI is InChI=1S/C22H16N4O6/c1-32-22(29)21-20(16(12-24-21)15-7-2-3-8-17(15)26(30)31)25-19(28)10-18(27)14-6-4-5-13(9-14)11-23/h2-9,12,24H,10H2,1H3,(H,25,28). The van der Waals surface area contributed by atoms with Crippen LogP contribution in [0.1, 0.15) is 32.8 Å². The Morgan fingerprint density at radius 2 is 1.91 bits per heavy atom. The number of H-pyrrole nitrogens is 1. The van der Waals surface area contributed by atoms with Crippen LogP contribution in [0.3, 0.4) is 0 Å². The van der Waals surface area contributed by atoms with Crippen molar-refractivity contribution in [2.75, 3.05) is 12.4 Å². The molecule has 1 aromatic heterocycles. The maximum absolute atomic E-state index is 12.6. The number of aromatic amines is 1. The number of aromatic nitrogens is 1. The van der Waals surface area contributed by atoms with Gasteiger partial charge in [-0.25, -0.2) is 4.79 Å². The average Bonchev–Trinajstić information content (AvgIpc) is 3.21. The first-order chi connectivity index (χ1) is 15.3. The molecule has 0 aliphatic rings. The lowest BCUT2D eigenvalue weighted by atomic mass is 10.0. The van der Waals surface area contributed by atoms with Gasteiger partial charge < -0.3 is 15.0 Å². The number of nitro benzene ring substituents is 1. The number of hydrogen-bond donors (Lipinski definition) is 2. The Kier molecular flexibility index (Phi) is 6.41. The summed E-state index contributed by atoms with van der Waals surface area (Å²) in [7, 11) is 1.14. The van der Waals surface area contributed by atoms with Crippen molar-refractivity contribution in [1.29, 1.82) is 5.26 Å². The number of methoxy groups -OCH3 is 1. The minimum absolute atomic E-state index is 0.0466. The molecule has 32 heavy (non-hydrogen) atoms. The second-order valence-corrected chi connectivity index (χ2v) is 6.56. The number of nitro groups is 1. The Morgan fingerprint density at radius 3 is 2.59 bits per heavy atom. The number of rotatable bonds is 7. The Labute approximate surface area is 181 Å². The smallest absolute Gasteiger partial charge is 0.356 e. The van der Waals surface area contributed by atoms with E-state index in [0.717, 1.165) is 7.11 Å². The summed E-state index contributed by atoms with van der Waals surface area (Å²) in [5, 5.41) is 22.9. The van der Waals surface area contributed by atoms with E-state index in [2.05, 4.69) is 10.3 Å². The third-order valence-electron chi connectivity index (χ3n) is 4.56. The third-order valence-corrected chi connectivity index (χ3v) is 4.56. The quantitative estimate of drug-likeness (QED) is 0.190. The maximum Gasteiger partial charge on any atom is 0.356 e. The average molecular weight is 432 g/mol. The Hall–Kier alpha value is -4.78. The number of esters is 1. The predicted octanol–water partition coefficient (Wildman–Crippen LogP) is 3.46. The first kappa shape index (κ1) is 21.9. The Bertz CT molecular complexity index is 1270. The number of hydrogen-bond acceptors (Lipinski definition) is 7. The number of amides is 1. The van der Waals surface area contributed by atoms with Crippen LogP contribution >= 0.6 is 0 Å². The summed E-state index contributed by atoms with van der Waals surface area (Å²) < 4.78 is 4.71. The van der Waals surface area contributed by atoms with E-state index >= 15 is 0 Å². The molecule has 1 heterocycles. The van der Waals surface area contributed by atoms with Gasteiger partial charge in [-0.2, -0.15) is 5.26 Å². The molecule has 0 saturated carbocycles. The fourth-order valence-electron chi connectivity index (χ4n) is 3.08. The van der Waals surface area contributed by atoms with Crippen LogP contribution in [0.2, 0.25) is 0 Å². The van der Waals surface area contributed by atoms with Crippen LogP contribution in [0.15, 0.2) is 54.7 Å². The summed E-state index contributed by atoms with van der Waals surface area (Å²) in [5.41, 5.74) is 0.386. The van der Waals surface area contributed by atoms with Gasteiger partial charge in [0.2, 0.25) is 5.91 Å². The van der Waals surface area contributed by atoms with E-state index in [-0.39, 0.29) is 39.3 Å². The lowest BCUT2D eigenvalue weighted by Gasteiger charge is -2.09. The topological polar surface area (TPSA) is 155 Å². The van der Waals surface area contributed by atoms with Crippen LogP contribution in [-0.2, 0) is 9.53 Å². The molecule has 0 saturated heterocycles. The monoisotopic (exact) mass is 432 g/mol. The van der Waals surface area contributed by atoms with Crippen molar-refractivity contribution in [3.8, 4) is 17.2 Å². The van der Waals surface area contributed by atoms with Gasteiger partial charge in [-0.05, 0) is 18.2 Å². The number of ether oxygens (including phenoxy) is 1. The highest BCUT2D eigenvalue weighted by molar-refractivity contribution is 6.13. The number of benzene rings is 2. The van der Waals surface area contributed by atoms with Crippen molar-refractivity contribution in [1.82, 2.24) is 4.98 Å². The Balaban J connectivity index is 1.94. The molecule has 2 aromatic carbocycles. The fourth-order valence-corrected chi connectivity index (χ4v) is 3.08. The molecular formula is C22H16N4O6. The fraction of sp³-hybridized carbons (Fsp3) is 0.0909. The molecule has 0 unspecified atom stereocenters. The molecular weight excluding hydrogens is 416 g/mol. The molecule has 0 radical (unpaired) electrons. The van der Waals surface area contributed by atoms with Gasteiger partial charge in [0.1, 0.15) is 5.69 Å². The van der Waals surface area contributed by atoms with Crippen LogP contribution in [-0.4, -0.2) is 34.7 Å². The van der Waals surface area contributed by atoms with E-state index in [1.54, 1.807) is 6.07 Å². The molecule has 0 atom stereocenters.